The summed E-state index contributed by atoms with van der Waals surface area (Å²) in [5.74, 6) is 0.676. The van der Waals surface area contributed by atoms with Crippen molar-refractivity contribution in [2.75, 3.05) is 13.3 Å². The molecule has 1 heterocycles. The molecule has 0 N–H and O–H groups in total. The fraction of sp³-hybridized carbons (Fsp3) is 0.455. The quantitative estimate of drug-likeness (QED) is 0.292. The van der Waals surface area contributed by atoms with Crippen LogP contribution in [0.15, 0.2) is 24.3 Å². The Hall–Kier alpha value is -0.0800. The zero-order valence-corrected chi connectivity index (χ0v) is 23.8. The van der Waals surface area contributed by atoms with Gasteiger partial charge in [0.25, 0.3) is 7.82 Å². The highest BCUT2D eigenvalue weighted by atomic mass is 31.3. The van der Waals surface area contributed by atoms with Crippen molar-refractivity contribution in [3.05, 3.63) is 29.8 Å². The Balaban J connectivity index is 0. The van der Waals surface area contributed by atoms with Crippen LogP contribution in [-0.2, 0) is 51.5 Å². The highest BCUT2D eigenvalue weighted by Crippen LogP contribution is 2.58. The molecule has 0 amide bonds. The molecule has 19 nitrogen and oxygen atoms in total. The van der Waals surface area contributed by atoms with Gasteiger partial charge in [-0.05, 0) is 6.07 Å². The van der Waals surface area contributed by atoms with E-state index in [1.165, 1.54) is 6.66 Å². The largest absolute Gasteiger partial charge is 0.790 e. The molecule has 0 saturated heterocycles. The molecule has 2 rings (SSSR count). The fourth-order valence-electron chi connectivity index (χ4n) is 1.55. The number of hydrogen-bond donors (Lipinski definition) is 0. The first kappa shape index (κ1) is 38.1. The Bertz CT molecular complexity index is 1060. The van der Waals surface area contributed by atoms with Gasteiger partial charge in [-0.25, -0.2) is 4.57 Å². The van der Waals surface area contributed by atoms with E-state index in [0.29, 0.717) is 19.0 Å². The molecule has 0 fully saturated rings. The minimum atomic E-state index is -5.83. The molecular weight excluding hydrogens is 622 g/mol. The third-order valence-electron chi connectivity index (χ3n) is 2.34. The molecule has 0 radical (unpaired) electrons. The van der Waals surface area contributed by atoms with Crippen molar-refractivity contribution in [2.24, 2.45) is 0 Å². The van der Waals surface area contributed by atoms with Gasteiger partial charge >= 0.3 is 7.60 Å². The average Bonchev–Trinajstić information content (AvgIpc) is 2.56. The summed E-state index contributed by atoms with van der Waals surface area (Å²) in [6.07, 6.45) is 0. The third-order valence-corrected chi connectivity index (χ3v) is 8.65. The molecule has 1 aliphatic rings. The topological polar surface area (TPSA) is 333 Å². The number of fused-ring (bicyclic) bond motifs is 1. The second-order valence-corrected chi connectivity index (χ2v) is 14.6. The van der Waals surface area contributed by atoms with Crippen molar-refractivity contribution in [1.82, 2.24) is 0 Å². The van der Waals surface area contributed by atoms with E-state index in [2.05, 4.69) is 12.9 Å². The van der Waals surface area contributed by atoms with Crippen molar-refractivity contribution in [1.29, 1.82) is 0 Å². The van der Waals surface area contributed by atoms with Crippen LogP contribution in [-0.4, -0.2) is 13.3 Å². The van der Waals surface area contributed by atoms with Crippen LogP contribution in [0.2, 0.25) is 0 Å². The lowest BCUT2D eigenvalue weighted by Gasteiger charge is -2.39. The van der Waals surface area contributed by atoms with Gasteiger partial charge in [-0.15, -0.1) is 0 Å². The van der Waals surface area contributed by atoms with Gasteiger partial charge in [-0.2, -0.15) is 0 Å². The molecule has 3 unspecified atom stereocenters. The van der Waals surface area contributed by atoms with Crippen LogP contribution in [0.3, 0.4) is 0 Å². The van der Waals surface area contributed by atoms with Crippen molar-refractivity contribution in [2.45, 2.75) is 20.5 Å². The summed E-state index contributed by atoms with van der Waals surface area (Å²) in [4.78, 5) is 77.3. The minimum absolute atomic E-state index is 0.363. The lowest BCUT2D eigenvalue weighted by molar-refractivity contribution is -0.365. The Kier molecular flexibility index (Phi) is 15.8. The second-order valence-electron chi connectivity index (χ2n) is 5.55. The maximum absolute atomic E-state index is 11.4. The molecular formula is C11H18O19P6-8. The highest BCUT2D eigenvalue weighted by molar-refractivity contribution is 7.66. The van der Waals surface area contributed by atoms with Gasteiger partial charge in [0.15, 0.2) is 0 Å². The summed E-state index contributed by atoms with van der Waals surface area (Å²) in [7, 11) is -30.4. The van der Waals surface area contributed by atoms with Gasteiger partial charge < -0.3 is 66.2 Å². The van der Waals surface area contributed by atoms with Crippen LogP contribution in [0.1, 0.15) is 19.4 Å². The molecule has 36 heavy (non-hydrogen) atoms. The summed E-state index contributed by atoms with van der Waals surface area (Å²) >= 11 is 0. The van der Waals surface area contributed by atoms with Gasteiger partial charge in [0.05, 0.1) is 30.1 Å². The molecule has 1 aromatic carbocycles. The maximum Gasteiger partial charge on any atom is 0.376 e. The van der Waals surface area contributed by atoms with E-state index in [-0.39, 0.29) is 0 Å². The first-order valence-electron chi connectivity index (χ1n) is 8.58. The number of phosphoric acid groups is 4. The number of rotatable bonds is 6. The van der Waals surface area contributed by atoms with Crippen LogP contribution in [0.25, 0.3) is 0 Å². The Labute approximate surface area is 204 Å². The Morgan fingerprint density at radius 2 is 1.19 bits per heavy atom. The van der Waals surface area contributed by atoms with Gasteiger partial charge in [0.1, 0.15) is 13.3 Å². The number of hydrogen-bond acceptors (Lipinski definition) is 19. The summed E-state index contributed by atoms with van der Waals surface area (Å²) in [6.45, 7) is 6.22. The van der Waals surface area contributed by atoms with Crippen molar-refractivity contribution < 1.29 is 88.5 Å². The van der Waals surface area contributed by atoms with E-state index >= 15 is 0 Å². The van der Waals surface area contributed by atoms with Crippen LogP contribution < -0.4 is 43.7 Å². The molecule has 1 aliphatic heterocycles. The summed E-state index contributed by atoms with van der Waals surface area (Å²) in [6, 6.07) is 7.45. The first-order valence-corrected chi connectivity index (χ1v) is 18.4. The molecule has 0 aliphatic carbocycles. The minimum Gasteiger partial charge on any atom is -0.790 e. The highest BCUT2D eigenvalue weighted by Gasteiger charge is 2.25. The van der Waals surface area contributed by atoms with Crippen LogP contribution >= 0.6 is 46.5 Å². The monoisotopic (exact) mass is 640 g/mol. The first-order chi connectivity index (χ1) is 15.8. The van der Waals surface area contributed by atoms with Crippen LogP contribution in [0, 0.1) is 0 Å². The SMILES string of the molecule is CC.CP(=O)([O-])OP(=O)([O-])OP(=O)([O-])[O-].CP1(=O)OCc2ccccc2O1.O=P([O-])([O-])OP(=O)([O-])[O-]. The van der Waals surface area contributed by atoms with Crippen molar-refractivity contribution in [3.63, 3.8) is 0 Å². The normalized spacial score (nSPS) is 20.7. The number of benzene rings is 1. The summed E-state index contributed by atoms with van der Waals surface area (Å²) in [5, 5.41) is 0. The molecule has 3 atom stereocenters. The number of para-hydroxylation sites is 1. The molecule has 0 bridgehead atoms. The van der Waals surface area contributed by atoms with E-state index in [0.717, 1.165) is 5.56 Å². The molecule has 0 aromatic heterocycles. The molecule has 1 aromatic rings. The van der Waals surface area contributed by atoms with Gasteiger partial charge in [-0.3, -0.25) is 17.7 Å². The Morgan fingerprint density at radius 1 is 0.778 bits per heavy atom. The summed E-state index contributed by atoms with van der Waals surface area (Å²) in [5.41, 5.74) is 0.950. The molecule has 214 valence electrons. The second kappa shape index (κ2) is 14.9. The van der Waals surface area contributed by atoms with E-state index in [9.17, 15) is 66.5 Å². The van der Waals surface area contributed by atoms with Crippen molar-refractivity contribution in [3.8, 4) is 5.75 Å². The molecule has 0 spiro atoms. The van der Waals surface area contributed by atoms with E-state index in [1.54, 1.807) is 6.07 Å². The predicted octanol–water partition coefficient (Wildman–Crippen LogP) is -2.39. The lowest BCUT2D eigenvalue weighted by Crippen LogP contribution is -2.23. The van der Waals surface area contributed by atoms with Gasteiger partial charge in [0, 0.05) is 18.9 Å². The standard InChI is InChI=1S/C8H9O3P.C2H6.CH7O9P3.H4O7P2/c1-12(9)10-6-7-4-2-3-5-8(7)11-12;1-2;1-11(2,3)9-13(7,8)10-12(4,5)6;1-8(2,3)7-9(4,5)6/h2-5H,6H2,1H3;1-2H3;1H3,(H,2,3)(H,7,8)(H2,4,5,6);(H2,1,2,3)(H2,4,5,6)/p-8. The fourth-order valence-corrected chi connectivity index (χ4v) is 6.31. The average molecular weight is 640 g/mol. The smallest absolute Gasteiger partial charge is 0.376 e. The van der Waals surface area contributed by atoms with Crippen LogP contribution in [0.5, 0.6) is 5.75 Å². The lowest BCUT2D eigenvalue weighted by atomic mass is 10.2. The van der Waals surface area contributed by atoms with Gasteiger partial charge in [0.2, 0.25) is 0 Å². The molecule has 0 saturated carbocycles. The molecule has 25 heteroatoms. The predicted molar refractivity (Wildman–Crippen MR) is 104 cm³/mol. The van der Waals surface area contributed by atoms with E-state index in [1.807, 2.05) is 32.0 Å². The van der Waals surface area contributed by atoms with Crippen molar-refractivity contribution >= 4 is 46.5 Å². The maximum atomic E-state index is 11.4. The zero-order valence-electron chi connectivity index (χ0n) is 18.5. The van der Waals surface area contributed by atoms with Crippen LogP contribution in [0.4, 0.5) is 0 Å². The third kappa shape index (κ3) is 23.1. The van der Waals surface area contributed by atoms with E-state index < -0.39 is 46.5 Å². The zero-order chi connectivity index (χ0) is 29.2. The Morgan fingerprint density at radius 3 is 1.56 bits per heavy atom. The summed E-state index contributed by atoms with van der Waals surface area (Å²) < 4.78 is 79.0. The van der Waals surface area contributed by atoms with Gasteiger partial charge in [-0.1, -0.05) is 32.0 Å². The van der Waals surface area contributed by atoms with E-state index in [4.69, 9.17) is 9.05 Å².